The van der Waals surface area contributed by atoms with Crippen molar-refractivity contribution in [1.29, 1.82) is 0 Å². The van der Waals surface area contributed by atoms with Crippen LogP contribution in [0.15, 0.2) is 5.76 Å². The van der Waals surface area contributed by atoms with Gasteiger partial charge in [-0.25, -0.2) is 0 Å². The summed E-state index contributed by atoms with van der Waals surface area (Å²) in [6, 6.07) is 0. The van der Waals surface area contributed by atoms with E-state index in [9.17, 15) is 9.90 Å². The van der Waals surface area contributed by atoms with Crippen LogP contribution in [0.2, 0.25) is 0 Å². The van der Waals surface area contributed by atoms with Crippen LogP contribution in [0.5, 0.6) is 0 Å². The molecule has 0 aliphatic rings. The molecule has 0 aliphatic heterocycles. The minimum absolute atomic E-state index is 0. The van der Waals surface area contributed by atoms with E-state index in [1.807, 2.05) is 0 Å². The molecule has 0 bridgehead atoms. The number of Topliss-reactive ketones (excluding diaryl/α,β-unsaturated/α-hetero) is 1. The Bertz CT molecular complexity index is 89.1. The van der Waals surface area contributed by atoms with Crippen LogP contribution in [0.1, 0.15) is 13.3 Å². The Morgan fingerprint density at radius 3 is 1.89 bits per heavy atom. The van der Waals surface area contributed by atoms with Crippen LogP contribution in [0.3, 0.4) is 0 Å². The molecule has 0 spiro atoms. The first-order valence-electron chi connectivity index (χ1n) is 1.90. The average Bonchev–Trinajstić information content (AvgIpc) is 1.27. The number of ketones is 1. The Balaban J connectivity index is -0.000000180. The number of hydrogen-bond donors (Lipinski definition) is 0. The normalized spacial score (nSPS) is 6.33. The summed E-state index contributed by atoms with van der Waals surface area (Å²) >= 11 is 0. The monoisotopic (exact) mass is 112 g/mol. The second-order valence-corrected chi connectivity index (χ2v) is 1.35. The van der Waals surface area contributed by atoms with Gasteiger partial charge in [-0.05, 0) is 13.3 Å². The Morgan fingerprint density at radius 2 is 1.89 bits per heavy atom. The van der Waals surface area contributed by atoms with Crippen molar-refractivity contribution in [3.05, 3.63) is 12.3 Å². The van der Waals surface area contributed by atoms with Crippen molar-refractivity contribution in [2.75, 3.05) is 0 Å². The molecule has 0 unspecified atom stereocenters. The maximum Gasteiger partial charge on any atom is 1.00 e. The van der Waals surface area contributed by atoms with E-state index in [1.165, 1.54) is 6.92 Å². The summed E-state index contributed by atoms with van der Waals surface area (Å²) in [6.07, 6.45) is -0.139. The van der Waals surface area contributed by atoms with E-state index in [4.69, 9.17) is 0 Å². The first kappa shape index (κ1) is 16.2. The van der Waals surface area contributed by atoms with E-state index in [0.29, 0.717) is 0 Å². The van der Waals surface area contributed by atoms with Crippen LogP contribution in [0, 0.1) is 6.58 Å². The van der Waals surface area contributed by atoms with Gasteiger partial charge in [0.25, 0.3) is 0 Å². The van der Waals surface area contributed by atoms with Gasteiger partial charge in [0, 0.05) is 0 Å². The Morgan fingerprint density at radius 1 is 1.56 bits per heavy atom. The van der Waals surface area contributed by atoms with Gasteiger partial charge in [0.15, 0.2) is 0 Å². The van der Waals surface area contributed by atoms with Crippen LogP contribution in [-0.2, 0) is 4.79 Å². The van der Waals surface area contributed by atoms with Gasteiger partial charge in [-0.1, -0.05) is 0 Å². The summed E-state index contributed by atoms with van der Waals surface area (Å²) in [7, 11) is 0. The molecule has 0 saturated carbocycles. The smallest absolute Gasteiger partial charge is 0.901 e. The molecule has 0 aromatic heterocycles. The van der Waals surface area contributed by atoms with Crippen molar-refractivity contribution in [3.8, 4) is 0 Å². The standard InChI is InChI=1S/C5H7O2.2Li/c1-4(6)3-5(2)7;;/h1,6H,3H2,2H3;;/q-1;2*+1/p-1. The molecule has 2 nitrogen and oxygen atoms in total. The minimum atomic E-state index is -0.562. The second kappa shape index (κ2) is 8.40. The van der Waals surface area contributed by atoms with Crippen LogP contribution >= 0.6 is 0 Å². The van der Waals surface area contributed by atoms with Gasteiger partial charge in [0.1, 0.15) is 5.78 Å². The summed E-state index contributed by atoms with van der Waals surface area (Å²) < 4.78 is 0. The van der Waals surface area contributed by atoms with E-state index in [0.717, 1.165) is 0 Å². The van der Waals surface area contributed by atoms with Crippen LogP contribution in [0.25, 0.3) is 0 Å². The van der Waals surface area contributed by atoms with Gasteiger partial charge in [0.2, 0.25) is 0 Å². The fraction of sp³-hybridized carbons (Fsp3) is 0.400. The van der Waals surface area contributed by atoms with Crippen molar-refractivity contribution < 1.29 is 47.6 Å². The molecule has 0 aromatic rings. The molecular formula is C5H6Li2O2. The Kier molecular flexibility index (Phi) is 15.1. The first-order chi connectivity index (χ1) is 3.13. The third-order valence-electron chi connectivity index (χ3n) is 0.423. The van der Waals surface area contributed by atoms with Gasteiger partial charge in [-0.3, -0.25) is 4.79 Å². The molecule has 0 atom stereocenters. The third kappa shape index (κ3) is 17.8. The maximum atomic E-state index is 9.95. The van der Waals surface area contributed by atoms with Gasteiger partial charge >= 0.3 is 37.7 Å². The molecule has 0 N–H and O–H groups in total. The van der Waals surface area contributed by atoms with Crippen LogP contribution in [-0.4, -0.2) is 5.78 Å². The summed E-state index contributed by atoms with van der Waals surface area (Å²) in [6.45, 7) is 5.96. The van der Waals surface area contributed by atoms with E-state index in [2.05, 4.69) is 6.58 Å². The fourth-order valence-corrected chi connectivity index (χ4v) is 0.245. The van der Waals surface area contributed by atoms with E-state index >= 15 is 0 Å². The predicted molar refractivity (Wildman–Crippen MR) is 23.1 cm³/mol. The van der Waals surface area contributed by atoms with Crippen LogP contribution < -0.4 is 42.8 Å². The minimum Gasteiger partial charge on any atom is -0.901 e. The van der Waals surface area contributed by atoms with Crippen LogP contribution in [0.4, 0.5) is 0 Å². The predicted octanol–water partition coefficient (Wildman–Crippen LogP) is -6.35. The number of hydrogen-bond acceptors (Lipinski definition) is 2. The number of rotatable bonds is 2. The zero-order valence-corrected chi connectivity index (χ0v) is 6.10. The molecule has 0 saturated heterocycles. The zero-order valence-electron chi connectivity index (χ0n) is 6.10. The van der Waals surface area contributed by atoms with Crippen molar-refractivity contribution in [2.24, 2.45) is 0 Å². The van der Waals surface area contributed by atoms with Gasteiger partial charge in [0.05, 0.1) is 0 Å². The zero-order chi connectivity index (χ0) is 5.86. The SMILES string of the molecule is [CH-]=C([O-])CC(C)=O.[Li+].[Li+]. The molecule has 0 rings (SSSR count). The summed E-state index contributed by atoms with van der Waals surface area (Å²) in [4.78, 5) is 9.95. The molecule has 0 heterocycles. The molecule has 0 aliphatic carbocycles. The average molecular weight is 112 g/mol. The third-order valence-corrected chi connectivity index (χ3v) is 0.423. The number of carbonyl (C=O) groups is 1. The summed E-state index contributed by atoms with van der Waals surface area (Å²) in [5.74, 6) is -0.750. The Labute approximate surface area is 79.1 Å². The molecule has 0 aromatic carbocycles. The molecule has 0 radical (unpaired) electrons. The van der Waals surface area contributed by atoms with E-state index in [-0.39, 0.29) is 49.9 Å². The van der Waals surface area contributed by atoms with E-state index < -0.39 is 5.76 Å². The van der Waals surface area contributed by atoms with Crippen molar-refractivity contribution in [3.63, 3.8) is 0 Å². The number of carbonyl (C=O) groups excluding carboxylic acids is 1. The molecule has 0 amide bonds. The van der Waals surface area contributed by atoms with Crippen molar-refractivity contribution in [2.45, 2.75) is 13.3 Å². The topological polar surface area (TPSA) is 40.1 Å². The molecule has 4 heteroatoms. The van der Waals surface area contributed by atoms with Gasteiger partial charge in [-0.15, -0.1) is 0 Å². The molecule has 40 valence electrons. The molecule has 0 fully saturated rings. The first-order valence-corrected chi connectivity index (χ1v) is 1.90. The molecule has 9 heavy (non-hydrogen) atoms. The molecular weight excluding hydrogens is 106 g/mol. The quantitative estimate of drug-likeness (QED) is 0.202. The Hall–Kier alpha value is 0.405. The second-order valence-electron chi connectivity index (χ2n) is 1.35. The van der Waals surface area contributed by atoms with Gasteiger partial charge in [-0.2, -0.15) is 0 Å². The summed E-state index contributed by atoms with van der Waals surface area (Å²) in [5.41, 5.74) is 0. The van der Waals surface area contributed by atoms with E-state index in [1.54, 1.807) is 0 Å². The fourth-order valence-electron chi connectivity index (χ4n) is 0.245. The van der Waals surface area contributed by atoms with Crippen molar-refractivity contribution >= 4 is 5.78 Å². The summed E-state index contributed by atoms with van der Waals surface area (Å²) in [5, 5.41) is 9.81. The maximum absolute atomic E-state index is 9.95. The number of allylic oxidation sites excluding steroid dienone is 1. The largest absolute Gasteiger partial charge is 1.00 e. The van der Waals surface area contributed by atoms with Gasteiger partial charge < -0.3 is 17.4 Å². The van der Waals surface area contributed by atoms with Crippen molar-refractivity contribution in [1.82, 2.24) is 0 Å².